The summed E-state index contributed by atoms with van der Waals surface area (Å²) in [5, 5.41) is 12.3. The number of fused-ring (bicyclic) bond motifs is 3. The van der Waals surface area contributed by atoms with Crippen LogP contribution in [0.2, 0.25) is 0 Å². The van der Waals surface area contributed by atoms with E-state index in [1.807, 2.05) is 114 Å². The van der Waals surface area contributed by atoms with E-state index < -0.39 is 5.25 Å². The number of amides is 1. The second-order valence-electron chi connectivity index (χ2n) is 8.94. The summed E-state index contributed by atoms with van der Waals surface area (Å²) < 4.78 is 9.11. The van der Waals surface area contributed by atoms with E-state index in [-0.39, 0.29) is 11.5 Å². The monoisotopic (exact) mass is 547 g/mol. The van der Waals surface area contributed by atoms with Gasteiger partial charge in [0.25, 0.3) is 5.56 Å². The van der Waals surface area contributed by atoms with Crippen molar-refractivity contribution in [2.24, 2.45) is 0 Å². The van der Waals surface area contributed by atoms with Gasteiger partial charge in [0.1, 0.15) is 11.0 Å². The molecule has 0 aliphatic carbocycles. The molecule has 0 saturated heterocycles. The summed E-state index contributed by atoms with van der Waals surface area (Å²) in [6.07, 6.45) is 0. The van der Waals surface area contributed by atoms with Crippen LogP contribution >= 0.6 is 11.8 Å². The Morgan fingerprint density at radius 2 is 1.55 bits per heavy atom. The molecule has 0 radical (unpaired) electrons. The van der Waals surface area contributed by atoms with E-state index in [0.717, 1.165) is 5.56 Å². The maximum Gasteiger partial charge on any atom is 0.267 e. The number of aromatic nitrogens is 4. The molecule has 40 heavy (non-hydrogen) atoms. The molecule has 6 aromatic rings. The minimum atomic E-state index is -0.667. The number of thioether (sulfide) groups is 1. The number of rotatable bonds is 8. The van der Waals surface area contributed by atoms with Crippen LogP contribution in [0.25, 0.3) is 22.4 Å². The highest BCUT2D eigenvalue weighted by molar-refractivity contribution is 8.00. The molecule has 4 aromatic carbocycles. The molecular weight excluding hydrogens is 522 g/mol. The highest BCUT2D eigenvalue weighted by Crippen LogP contribution is 2.37. The summed E-state index contributed by atoms with van der Waals surface area (Å²) in [7, 11) is 0. The smallest absolute Gasteiger partial charge is 0.267 e. The van der Waals surface area contributed by atoms with Crippen LogP contribution in [0.4, 0.5) is 5.69 Å². The lowest BCUT2D eigenvalue weighted by Crippen LogP contribution is -2.22. The first-order chi connectivity index (χ1) is 19.7. The highest BCUT2D eigenvalue weighted by atomic mass is 32.2. The fourth-order valence-electron chi connectivity index (χ4n) is 4.62. The van der Waals surface area contributed by atoms with Crippen LogP contribution in [0.3, 0.4) is 0 Å². The minimum absolute atomic E-state index is 0.192. The SMILES string of the molecule is CCOc1ccccc1NC(=O)[C@@H](Sc1nnc2n(-c3ccccc3)c(=O)c3ccccc3n12)c1ccccc1. The molecule has 6 rings (SSSR count). The average molecular weight is 548 g/mol. The number of carbonyl (C=O) groups excluding carboxylic acids is 1. The molecule has 2 aromatic heterocycles. The summed E-state index contributed by atoms with van der Waals surface area (Å²) in [5.74, 6) is 0.730. The van der Waals surface area contributed by atoms with Crippen LogP contribution in [0.1, 0.15) is 17.7 Å². The first kappa shape index (κ1) is 25.4. The average Bonchev–Trinajstić information content (AvgIpc) is 3.41. The lowest BCUT2D eigenvalue weighted by molar-refractivity contribution is -0.115. The van der Waals surface area contributed by atoms with Crippen molar-refractivity contribution in [3.05, 3.63) is 125 Å². The largest absolute Gasteiger partial charge is 0.492 e. The lowest BCUT2D eigenvalue weighted by Gasteiger charge is -2.18. The van der Waals surface area contributed by atoms with Crippen LogP contribution in [0.15, 0.2) is 119 Å². The van der Waals surface area contributed by atoms with Gasteiger partial charge in [-0.3, -0.25) is 14.0 Å². The van der Waals surface area contributed by atoms with E-state index in [1.54, 1.807) is 10.6 Å². The molecule has 0 fully saturated rings. The summed E-state index contributed by atoms with van der Waals surface area (Å²) in [4.78, 5) is 27.4. The third-order valence-corrected chi connectivity index (χ3v) is 7.61. The van der Waals surface area contributed by atoms with Crippen molar-refractivity contribution in [2.45, 2.75) is 17.3 Å². The van der Waals surface area contributed by atoms with Gasteiger partial charge >= 0.3 is 0 Å². The first-order valence-electron chi connectivity index (χ1n) is 12.8. The number of hydrogen-bond acceptors (Lipinski definition) is 6. The molecule has 0 aliphatic rings. The van der Waals surface area contributed by atoms with E-state index in [0.29, 0.717) is 45.6 Å². The molecule has 2 heterocycles. The Morgan fingerprint density at radius 3 is 2.33 bits per heavy atom. The number of nitrogens with one attached hydrogen (secondary N) is 1. The van der Waals surface area contributed by atoms with Gasteiger partial charge in [0, 0.05) is 0 Å². The fraction of sp³-hybridized carbons (Fsp3) is 0.0968. The second-order valence-corrected chi connectivity index (χ2v) is 10.0. The third-order valence-electron chi connectivity index (χ3n) is 6.42. The zero-order valence-corrected chi connectivity index (χ0v) is 22.4. The van der Waals surface area contributed by atoms with Crippen LogP contribution in [0, 0.1) is 0 Å². The molecule has 198 valence electrons. The summed E-state index contributed by atoms with van der Waals surface area (Å²) in [6, 6.07) is 33.6. The Bertz CT molecular complexity index is 1870. The van der Waals surface area contributed by atoms with E-state index in [2.05, 4.69) is 15.5 Å². The molecule has 0 bridgehead atoms. The van der Waals surface area contributed by atoms with Gasteiger partial charge in [-0.25, -0.2) is 4.57 Å². The Labute approximate surface area is 234 Å². The normalized spacial score (nSPS) is 11.9. The lowest BCUT2D eigenvalue weighted by atomic mass is 10.1. The molecule has 1 N–H and O–H groups in total. The Kier molecular flexibility index (Phi) is 7.03. The maximum absolute atomic E-state index is 13.8. The minimum Gasteiger partial charge on any atom is -0.492 e. The van der Waals surface area contributed by atoms with E-state index in [1.165, 1.54) is 11.8 Å². The molecule has 9 heteroatoms. The van der Waals surface area contributed by atoms with Crippen molar-refractivity contribution in [1.29, 1.82) is 0 Å². The highest BCUT2D eigenvalue weighted by Gasteiger charge is 2.27. The van der Waals surface area contributed by atoms with Gasteiger partial charge < -0.3 is 10.1 Å². The van der Waals surface area contributed by atoms with Crippen LogP contribution < -0.4 is 15.6 Å². The number of benzene rings is 4. The molecule has 1 amide bonds. The van der Waals surface area contributed by atoms with Gasteiger partial charge in [-0.2, -0.15) is 0 Å². The van der Waals surface area contributed by atoms with Crippen LogP contribution in [-0.4, -0.2) is 31.7 Å². The zero-order chi connectivity index (χ0) is 27.5. The molecule has 8 nitrogen and oxygen atoms in total. The quantitative estimate of drug-likeness (QED) is 0.239. The topological polar surface area (TPSA) is 90.5 Å². The van der Waals surface area contributed by atoms with Gasteiger partial charge in [0.15, 0.2) is 5.16 Å². The van der Waals surface area contributed by atoms with E-state index in [4.69, 9.17) is 4.74 Å². The molecule has 0 spiro atoms. The summed E-state index contributed by atoms with van der Waals surface area (Å²) in [5.41, 5.74) is 2.54. The molecule has 0 unspecified atom stereocenters. The Balaban J connectivity index is 1.48. The number of carbonyl (C=O) groups is 1. The predicted octanol–water partition coefficient (Wildman–Crippen LogP) is 5.90. The number of hydrogen-bond donors (Lipinski definition) is 1. The Hall–Kier alpha value is -4.89. The van der Waals surface area contributed by atoms with Gasteiger partial charge in [0.05, 0.1) is 28.9 Å². The predicted molar refractivity (Wildman–Crippen MR) is 157 cm³/mol. The van der Waals surface area contributed by atoms with Crippen molar-refractivity contribution in [3.8, 4) is 11.4 Å². The zero-order valence-electron chi connectivity index (χ0n) is 21.6. The third kappa shape index (κ3) is 4.71. The molecule has 0 saturated carbocycles. The number of ether oxygens (including phenoxy) is 1. The van der Waals surface area contributed by atoms with Crippen LogP contribution in [-0.2, 0) is 4.79 Å². The maximum atomic E-state index is 13.8. The molecular formula is C31H25N5O3S. The molecule has 0 aliphatic heterocycles. The summed E-state index contributed by atoms with van der Waals surface area (Å²) in [6.45, 7) is 2.38. The van der Waals surface area contributed by atoms with Crippen molar-refractivity contribution < 1.29 is 9.53 Å². The second kappa shape index (κ2) is 11.1. The number of para-hydroxylation sites is 4. The summed E-state index contributed by atoms with van der Waals surface area (Å²) >= 11 is 1.27. The van der Waals surface area contributed by atoms with Crippen molar-refractivity contribution >= 4 is 40.0 Å². The van der Waals surface area contributed by atoms with Crippen molar-refractivity contribution in [2.75, 3.05) is 11.9 Å². The Morgan fingerprint density at radius 1 is 0.875 bits per heavy atom. The van der Waals surface area contributed by atoms with E-state index in [9.17, 15) is 9.59 Å². The first-order valence-corrected chi connectivity index (χ1v) is 13.7. The van der Waals surface area contributed by atoms with Gasteiger partial charge in [-0.05, 0) is 48.9 Å². The van der Waals surface area contributed by atoms with Crippen LogP contribution in [0.5, 0.6) is 5.75 Å². The van der Waals surface area contributed by atoms with E-state index >= 15 is 0 Å². The number of anilines is 1. The van der Waals surface area contributed by atoms with Gasteiger partial charge in [-0.15, -0.1) is 10.2 Å². The molecule has 1 atom stereocenters. The fourth-order valence-corrected chi connectivity index (χ4v) is 5.66. The van der Waals surface area contributed by atoms with Crippen molar-refractivity contribution in [1.82, 2.24) is 19.2 Å². The number of nitrogens with zero attached hydrogens (tertiary/aromatic N) is 4. The van der Waals surface area contributed by atoms with Gasteiger partial charge in [0.2, 0.25) is 11.7 Å². The van der Waals surface area contributed by atoms with Gasteiger partial charge in [-0.1, -0.05) is 84.6 Å². The standard InChI is InChI=1S/C31H25N5O3S/c1-2-39-26-20-12-10-18-24(26)32-28(37)27(21-13-5-3-6-14-21)40-31-34-33-30-35(22-15-7-4-8-16-22)29(38)23-17-9-11-19-25(23)36(30)31/h3-20,27H,2H2,1H3,(H,32,37)/t27-/m0/s1. The van der Waals surface area contributed by atoms with Crippen molar-refractivity contribution in [3.63, 3.8) is 0 Å².